The molecule has 5 aromatic rings. The van der Waals surface area contributed by atoms with Gasteiger partial charge in [-0.15, -0.1) is 18.9 Å². The summed E-state index contributed by atoms with van der Waals surface area (Å²) in [6.45, 7) is 0. The molecular formula is C28H26CuF2N6O12S3. The fourth-order valence-corrected chi connectivity index (χ4v) is 5.33. The summed E-state index contributed by atoms with van der Waals surface area (Å²) in [5, 5.41) is 70.3. The molecule has 1 radical (unpaired) electrons. The van der Waals surface area contributed by atoms with Crippen molar-refractivity contribution < 1.29 is 83.4 Å². The Morgan fingerprint density at radius 3 is 2.10 bits per heavy atom. The van der Waals surface area contributed by atoms with Crippen LogP contribution < -0.4 is 10.6 Å². The summed E-state index contributed by atoms with van der Waals surface area (Å²) in [6, 6.07) is 13.2. The van der Waals surface area contributed by atoms with Gasteiger partial charge in [-0.1, -0.05) is 16.1 Å². The standard InChI is InChI=1S/C23H20N4O12S3.C4H3FN2.CH3F.Cu/c1-24-17-9-14(42(33,34)35)10-18(23(17)30)26-27-22-15(25-16-7-12(40-38-36-31)3-5-19(16)28)4-2-11-6-13(41-39-37-32)8-20(29)21(11)22;5-4-1-2-6-3-7-4;1-2;/h2-10,24-25,28-32H,1H3,(H,33,34,35);1-3H;1H3;. The molecule has 5 rings (SSSR count). The second kappa shape index (κ2) is 21.2. The minimum Gasteiger partial charge on any atom is -0.507 e. The van der Waals surface area contributed by atoms with E-state index in [1.165, 1.54) is 49.6 Å². The van der Waals surface area contributed by atoms with E-state index in [4.69, 9.17) is 10.5 Å². The van der Waals surface area contributed by atoms with Crippen molar-refractivity contribution >= 4 is 73.4 Å². The summed E-state index contributed by atoms with van der Waals surface area (Å²) in [7, 11) is -2.78. The average Bonchev–Trinajstić information content (AvgIpc) is 3.12. The number of nitrogens with one attached hydrogen (secondary N) is 2. The van der Waals surface area contributed by atoms with Crippen molar-refractivity contribution in [1.82, 2.24) is 9.97 Å². The smallest absolute Gasteiger partial charge is 0.294 e. The predicted molar refractivity (Wildman–Crippen MR) is 179 cm³/mol. The van der Waals surface area contributed by atoms with E-state index in [9.17, 15) is 37.1 Å². The minimum atomic E-state index is -4.69. The zero-order valence-electron chi connectivity index (χ0n) is 26.1. The normalized spacial score (nSPS) is 10.8. The quantitative estimate of drug-likeness (QED) is 0.00885. The molecule has 0 aliphatic heterocycles. The third-order valence-electron chi connectivity index (χ3n) is 6.04. The Hall–Kier alpha value is -4.43. The molecule has 1 heterocycles. The van der Waals surface area contributed by atoms with Gasteiger partial charge in [-0.2, -0.15) is 12.8 Å². The molecule has 1 aromatic heterocycles. The molecule has 0 saturated carbocycles. The SMILES string of the molecule is CF.CNc1cc(S(=O)(=O)O)cc(N=Nc2c(Nc3cc(SOOO)ccc3O)ccc3cc(SOOO)cc(O)c23)c1O.Fc1ccncn1.[Cu]. The van der Waals surface area contributed by atoms with E-state index < -0.39 is 26.7 Å². The molecule has 0 aliphatic rings. The number of halogens is 2. The van der Waals surface area contributed by atoms with Gasteiger partial charge in [0.2, 0.25) is 5.95 Å². The van der Waals surface area contributed by atoms with E-state index in [0.29, 0.717) is 46.4 Å². The number of anilines is 3. The number of aromatic nitrogens is 2. The number of alkyl halides is 1. The molecule has 0 atom stereocenters. The molecular weight excluding hydrogens is 810 g/mol. The molecule has 0 fully saturated rings. The number of nitrogens with zero attached hydrogens (tertiary/aromatic N) is 4. The molecule has 0 bridgehead atoms. The summed E-state index contributed by atoms with van der Waals surface area (Å²) >= 11 is 1.23. The topological polar surface area (TPSA) is 267 Å². The van der Waals surface area contributed by atoms with Crippen LogP contribution in [0.1, 0.15) is 0 Å². The van der Waals surface area contributed by atoms with Crippen LogP contribution in [0.3, 0.4) is 0 Å². The zero-order valence-corrected chi connectivity index (χ0v) is 29.5. The van der Waals surface area contributed by atoms with Crippen LogP contribution in [0.2, 0.25) is 0 Å². The fourth-order valence-electron chi connectivity index (χ4n) is 3.96. The molecule has 0 unspecified atom stereocenters. The van der Waals surface area contributed by atoms with Gasteiger partial charge >= 0.3 is 0 Å². The predicted octanol–water partition coefficient (Wildman–Crippen LogP) is 7.46. The first kappa shape index (κ1) is 43.7. The number of phenols is 3. The van der Waals surface area contributed by atoms with Crippen molar-refractivity contribution in [3.63, 3.8) is 0 Å². The van der Waals surface area contributed by atoms with Gasteiger partial charge in [0.15, 0.2) is 5.75 Å². The van der Waals surface area contributed by atoms with Gasteiger partial charge in [0.25, 0.3) is 10.1 Å². The van der Waals surface area contributed by atoms with E-state index in [0.717, 1.165) is 18.5 Å². The Morgan fingerprint density at radius 1 is 0.827 bits per heavy atom. The van der Waals surface area contributed by atoms with Crippen LogP contribution in [0.5, 0.6) is 17.2 Å². The molecule has 0 spiro atoms. The van der Waals surface area contributed by atoms with Crippen molar-refractivity contribution in [1.29, 1.82) is 0 Å². The van der Waals surface area contributed by atoms with Gasteiger partial charge in [0, 0.05) is 46.2 Å². The van der Waals surface area contributed by atoms with Crippen LogP contribution in [-0.4, -0.2) is 63.0 Å². The third-order valence-corrected chi connectivity index (χ3v) is 8.00. The summed E-state index contributed by atoms with van der Waals surface area (Å²) in [6.07, 6.45) is 2.51. The van der Waals surface area contributed by atoms with Crippen molar-refractivity contribution in [2.75, 3.05) is 24.9 Å². The minimum absolute atomic E-state index is 0. The largest absolute Gasteiger partial charge is 0.507 e. The summed E-state index contributed by atoms with van der Waals surface area (Å²) in [4.78, 5) is 6.85. The molecule has 18 nitrogen and oxygen atoms in total. The van der Waals surface area contributed by atoms with Gasteiger partial charge in [-0.3, -0.25) is 8.94 Å². The van der Waals surface area contributed by atoms with E-state index in [-0.39, 0.29) is 62.4 Å². The third kappa shape index (κ3) is 12.1. The number of rotatable bonds is 12. The molecule has 8 N–H and O–H groups in total. The Labute approximate surface area is 311 Å². The van der Waals surface area contributed by atoms with Crippen molar-refractivity contribution in [3.05, 3.63) is 79.1 Å². The Morgan fingerprint density at radius 2 is 1.52 bits per heavy atom. The Kier molecular flexibility index (Phi) is 17.8. The maximum Gasteiger partial charge on any atom is 0.294 e. The second-order valence-corrected chi connectivity index (χ2v) is 12.0. The van der Waals surface area contributed by atoms with Crippen molar-refractivity contribution in [2.45, 2.75) is 14.7 Å². The molecule has 24 heteroatoms. The van der Waals surface area contributed by atoms with E-state index >= 15 is 0 Å². The Balaban J connectivity index is 0.000000826. The summed E-state index contributed by atoms with van der Waals surface area (Å²) in [5.41, 5.74) is -0.144. The number of benzene rings is 4. The van der Waals surface area contributed by atoms with Crippen LogP contribution in [-0.2, 0) is 45.9 Å². The monoisotopic (exact) mass is 835 g/mol. The van der Waals surface area contributed by atoms with Crippen LogP contribution in [0.4, 0.5) is 37.2 Å². The maximum absolute atomic E-state index is 11.8. The fraction of sp³-hybridized carbons (Fsp3) is 0.0714. The second-order valence-electron chi connectivity index (χ2n) is 9.05. The van der Waals surface area contributed by atoms with Crippen molar-refractivity contribution in [2.24, 2.45) is 10.2 Å². The van der Waals surface area contributed by atoms with Gasteiger partial charge in [-0.25, -0.2) is 20.5 Å². The number of fused-ring (bicyclic) bond motifs is 1. The van der Waals surface area contributed by atoms with Gasteiger partial charge in [-0.05, 0) is 53.9 Å². The first-order chi connectivity index (χ1) is 24.4. The molecule has 4 aromatic carbocycles. The van der Waals surface area contributed by atoms with E-state index in [1.807, 2.05) is 0 Å². The molecule has 0 aliphatic carbocycles. The van der Waals surface area contributed by atoms with Crippen molar-refractivity contribution in [3.8, 4) is 17.2 Å². The van der Waals surface area contributed by atoms with Gasteiger partial charge in [0.1, 0.15) is 29.2 Å². The van der Waals surface area contributed by atoms with Crippen LogP contribution in [0.15, 0.2) is 98.1 Å². The average molecular weight is 836 g/mol. The number of azo groups is 1. The van der Waals surface area contributed by atoms with Gasteiger partial charge < -0.3 is 26.0 Å². The first-order valence-electron chi connectivity index (χ1n) is 13.4. The Bertz CT molecular complexity index is 2080. The number of aromatic hydroxyl groups is 3. The van der Waals surface area contributed by atoms with Gasteiger partial charge in [0.05, 0.1) is 58.6 Å². The molecule has 52 heavy (non-hydrogen) atoms. The molecule has 283 valence electrons. The summed E-state index contributed by atoms with van der Waals surface area (Å²) in [5.74, 6) is -1.51. The maximum atomic E-state index is 11.8. The molecule has 0 amide bonds. The van der Waals surface area contributed by atoms with Crippen LogP contribution in [0.25, 0.3) is 10.8 Å². The summed E-state index contributed by atoms with van der Waals surface area (Å²) < 4.78 is 63.2. The van der Waals surface area contributed by atoms with Crippen LogP contribution >= 0.6 is 24.1 Å². The number of hydrogen-bond acceptors (Lipinski definition) is 19. The van der Waals surface area contributed by atoms with Crippen LogP contribution in [0, 0.1) is 5.95 Å². The first-order valence-corrected chi connectivity index (χ1v) is 16.3. The zero-order chi connectivity index (χ0) is 37.6. The van der Waals surface area contributed by atoms with E-state index in [2.05, 4.69) is 49.6 Å². The van der Waals surface area contributed by atoms with E-state index in [1.54, 1.807) is 12.1 Å². The number of phenolic OH excluding ortho intramolecular Hbond substituents is 3. The number of hydrogen-bond donors (Lipinski definition) is 8. The molecule has 0 saturated heterocycles.